The second-order valence-electron chi connectivity index (χ2n) is 3.61. The van der Waals surface area contributed by atoms with Gasteiger partial charge in [-0.05, 0) is 40.2 Å². The quantitative estimate of drug-likeness (QED) is 0.911. The highest BCUT2D eigenvalue weighted by Crippen LogP contribution is 2.34. The van der Waals surface area contributed by atoms with Crippen LogP contribution < -0.4 is 0 Å². The van der Waals surface area contributed by atoms with Crippen molar-refractivity contribution in [3.63, 3.8) is 0 Å². The van der Waals surface area contributed by atoms with Crippen LogP contribution in [0.4, 0.5) is 4.39 Å². The topological polar surface area (TPSA) is 74.0 Å². The molecule has 2 rings (SSSR count). The number of rotatable bonds is 3. The minimum absolute atomic E-state index is 0.00242. The van der Waals surface area contributed by atoms with E-state index in [0.717, 1.165) is 11.8 Å². The molecule has 0 spiro atoms. The van der Waals surface area contributed by atoms with Crippen molar-refractivity contribution < 1.29 is 14.3 Å². The highest BCUT2D eigenvalue weighted by Gasteiger charge is 2.16. The number of carbonyl (C=O) groups is 1. The number of aromatic carboxylic acids is 1. The second kappa shape index (κ2) is 6.03. The molecule has 2 aromatic rings. The van der Waals surface area contributed by atoms with Gasteiger partial charge >= 0.3 is 5.97 Å². The smallest absolute Gasteiger partial charge is 0.338 e. The molecule has 0 aliphatic rings. The van der Waals surface area contributed by atoms with Crippen LogP contribution in [-0.2, 0) is 0 Å². The summed E-state index contributed by atoms with van der Waals surface area (Å²) in [5.74, 6) is -1.75. The number of halogens is 2. The third-order valence-electron chi connectivity index (χ3n) is 2.38. The molecule has 1 aromatic heterocycles. The maximum atomic E-state index is 14.1. The first-order valence-electron chi connectivity index (χ1n) is 5.29. The molecule has 0 saturated heterocycles. The summed E-state index contributed by atoms with van der Waals surface area (Å²) < 4.78 is 14.1. The zero-order valence-corrected chi connectivity index (χ0v) is 12.2. The molecule has 0 fully saturated rings. The van der Waals surface area contributed by atoms with E-state index in [1.165, 1.54) is 30.5 Å². The normalized spacial score (nSPS) is 10.1. The van der Waals surface area contributed by atoms with Crippen LogP contribution in [-0.4, -0.2) is 16.1 Å². The molecule has 1 aromatic carbocycles. The fourth-order valence-electron chi connectivity index (χ4n) is 1.44. The zero-order valence-electron chi connectivity index (χ0n) is 9.80. The van der Waals surface area contributed by atoms with Gasteiger partial charge in [-0.25, -0.2) is 14.2 Å². The van der Waals surface area contributed by atoms with Gasteiger partial charge in [-0.15, -0.1) is 0 Å². The van der Waals surface area contributed by atoms with Crippen molar-refractivity contribution in [2.24, 2.45) is 0 Å². The van der Waals surface area contributed by atoms with Crippen LogP contribution in [0, 0.1) is 17.1 Å². The molecule has 20 heavy (non-hydrogen) atoms. The molecule has 7 heteroatoms. The Kier molecular flexibility index (Phi) is 4.37. The van der Waals surface area contributed by atoms with E-state index < -0.39 is 11.8 Å². The molecule has 0 amide bonds. The predicted octanol–water partition coefficient (Wildman–Crippen LogP) is 3.70. The minimum Gasteiger partial charge on any atom is -0.478 e. The first kappa shape index (κ1) is 14.5. The van der Waals surface area contributed by atoms with E-state index in [4.69, 9.17) is 10.4 Å². The van der Waals surface area contributed by atoms with Gasteiger partial charge in [0.2, 0.25) is 0 Å². The highest BCUT2D eigenvalue weighted by atomic mass is 79.9. The van der Waals surface area contributed by atoms with Crippen molar-refractivity contribution in [3.8, 4) is 6.07 Å². The number of nitrogens with zero attached hydrogens (tertiary/aromatic N) is 2. The first-order chi connectivity index (χ1) is 9.54. The summed E-state index contributed by atoms with van der Waals surface area (Å²) in [5, 5.41) is 18.0. The summed E-state index contributed by atoms with van der Waals surface area (Å²) in [4.78, 5) is 15.2. The Hall–Kier alpha value is -1.91. The minimum atomic E-state index is -1.13. The van der Waals surface area contributed by atoms with E-state index in [0.29, 0.717) is 0 Å². The Labute approximate surface area is 126 Å². The van der Waals surface area contributed by atoms with Crippen molar-refractivity contribution in [2.45, 2.75) is 9.92 Å². The Morgan fingerprint density at radius 3 is 2.85 bits per heavy atom. The van der Waals surface area contributed by atoms with Gasteiger partial charge in [-0.1, -0.05) is 11.8 Å². The Morgan fingerprint density at radius 1 is 1.45 bits per heavy atom. The molecule has 0 aliphatic carbocycles. The summed E-state index contributed by atoms with van der Waals surface area (Å²) in [7, 11) is 0. The van der Waals surface area contributed by atoms with E-state index in [9.17, 15) is 9.18 Å². The predicted molar refractivity (Wildman–Crippen MR) is 74.1 cm³/mol. The van der Waals surface area contributed by atoms with Crippen molar-refractivity contribution in [1.29, 1.82) is 5.26 Å². The van der Waals surface area contributed by atoms with E-state index in [1.54, 1.807) is 0 Å². The highest BCUT2D eigenvalue weighted by molar-refractivity contribution is 9.10. The van der Waals surface area contributed by atoms with Gasteiger partial charge in [0.1, 0.15) is 11.1 Å². The van der Waals surface area contributed by atoms with Gasteiger partial charge in [-0.2, -0.15) is 5.26 Å². The van der Waals surface area contributed by atoms with Crippen LogP contribution in [0.25, 0.3) is 0 Å². The van der Waals surface area contributed by atoms with Crippen LogP contribution in [0.15, 0.2) is 44.9 Å². The van der Waals surface area contributed by atoms with Crippen LogP contribution in [0.5, 0.6) is 0 Å². The number of hydrogen-bond acceptors (Lipinski definition) is 4. The molecular formula is C13H6BrFN2O2S. The van der Waals surface area contributed by atoms with Crippen LogP contribution >= 0.6 is 27.7 Å². The molecular weight excluding hydrogens is 347 g/mol. The molecule has 0 bridgehead atoms. The number of benzene rings is 1. The van der Waals surface area contributed by atoms with Gasteiger partial charge in [0.15, 0.2) is 5.82 Å². The monoisotopic (exact) mass is 352 g/mol. The van der Waals surface area contributed by atoms with Gasteiger partial charge in [-0.3, -0.25) is 0 Å². The molecule has 0 aliphatic heterocycles. The largest absolute Gasteiger partial charge is 0.478 e. The molecule has 4 nitrogen and oxygen atoms in total. The van der Waals surface area contributed by atoms with Crippen LogP contribution in [0.2, 0.25) is 0 Å². The fourth-order valence-corrected chi connectivity index (χ4v) is 2.92. The van der Waals surface area contributed by atoms with E-state index in [1.807, 2.05) is 6.07 Å². The maximum Gasteiger partial charge on any atom is 0.338 e. The molecule has 0 unspecified atom stereocenters. The van der Waals surface area contributed by atoms with Crippen LogP contribution in [0.3, 0.4) is 0 Å². The number of nitriles is 1. The average molecular weight is 353 g/mol. The average Bonchev–Trinajstić information content (AvgIpc) is 2.44. The van der Waals surface area contributed by atoms with Gasteiger partial charge in [0.05, 0.1) is 20.5 Å². The van der Waals surface area contributed by atoms with Gasteiger partial charge < -0.3 is 5.11 Å². The van der Waals surface area contributed by atoms with Crippen molar-refractivity contribution >= 4 is 33.7 Å². The van der Waals surface area contributed by atoms with Crippen molar-refractivity contribution in [3.05, 3.63) is 51.9 Å². The lowest BCUT2D eigenvalue weighted by atomic mass is 10.2. The summed E-state index contributed by atoms with van der Waals surface area (Å²) in [5.41, 5.74) is 0.170. The maximum absolute atomic E-state index is 14.1. The van der Waals surface area contributed by atoms with Crippen molar-refractivity contribution in [2.75, 3.05) is 0 Å². The second-order valence-corrected chi connectivity index (χ2v) is 5.44. The van der Waals surface area contributed by atoms with E-state index in [2.05, 4.69) is 20.9 Å². The number of carboxylic acid groups (broad SMARTS) is 1. The number of pyridine rings is 1. The molecule has 0 atom stereocenters. The third-order valence-corrected chi connectivity index (χ3v) is 4.20. The summed E-state index contributed by atoms with van der Waals surface area (Å²) in [6.45, 7) is 0. The van der Waals surface area contributed by atoms with Gasteiger partial charge in [0, 0.05) is 6.20 Å². The lowest BCUT2D eigenvalue weighted by molar-refractivity contribution is 0.0692. The van der Waals surface area contributed by atoms with E-state index in [-0.39, 0.29) is 25.5 Å². The number of aromatic nitrogens is 1. The zero-order chi connectivity index (χ0) is 14.7. The van der Waals surface area contributed by atoms with Crippen molar-refractivity contribution in [1.82, 2.24) is 4.98 Å². The molecule has 1 heterocycles. The molecule has 0 saturated carbocycles. The Bertz CT molecular complexity index is 731. The summed E-state index contributed by atoms with van der Waals surface area (Å²) in [6, 6.07) is 7.62. The Balaban J connectivity index is 2.44. The van der Waals surface area contributed by atoms with E-state index >= 15 is 0 Å². The Morgan fingerprint density at radius 2 is 2.20 bits per heavy atom. The standard InChI is InChI=1S/C13H6BrFN2O2S/c14-10-7(6-16)3-4-9(11(10)15)20-12-8(13(18)19)2-1-5-17-12/h1-5H,(H,18,19). The molecule has 1 N–H and O–H groups in total. The van der Waals surface area contributed by atoms with Gasteiger partial charge in [0.25, 0.3) is 0 Å². The number of carboxylic acids is 1. The first-order valence-corrected chi connectivity index (χ1v) is 6.89. The third kappa shape index (κ3) is 2.81. The fraction of sp³-hybridized carbons (Fsp3) is 0. The van der Waals surface area contributed by atoms with Crippen LogP contribution in [0.1, 0.15) is 15.9 Å². The SMILES string of the molecule is N#Cc1ccc(Sc2ncccc2C(=O)O)c(F)c1Br. The lowest BCUT2D eigenvalue weighted by Gasteiger charge is -2.07. The lowest BCUT2D eigenvalue weighted by Crippen LogP contribution is -2.00. The molecule has 0 radical (unpaired) electrons. The summed E-state index contributed by atoms with van der Waals surface area (Å²) in [6.07, 6.45) is 1.44. The number of hydrogen-bond donors (Lipinski definition) is 1. The molecule has 100 valence electrons. The summed E-state index contributed by atoms with van der Waals surface area (Å²) >= 11 is 3.90.